The number of benzene rings is 1. The van der Waals surface area contributed by atoms with Crippen LogP contribution in [0.25, 0.3) is 11.3 Å². The largest absolute Gasteiger partial charge is 0.464 e. The molecular formula is C22H28N8O3S2. The van der Waals surface area contributed by atoms with Crippen LogP contribution in [0.1, 0.15) is 11.5 Å². The van der Waals surface area contributed by atoms with Gasteiger partial charge in [-0.3, -0.25) is 15.1 Å². The Labute approximate surface area is 211 Å². The molecule has 186 valence electrons. The first-order valence-electron chi connectivity index (χ1n) is 10.7. The second-order valence-electron chi connectivity index (χ2n) is 7.74. The lowest BCUT2D eigenvalue weighted by atomic mass is 10.1. The molecule has 11 nitrogen and oxygen atoms in total. The lowest BCUT2D eigenvalue weighted by Gasteiger charge is -2.08. The molecule has 0 aliphatic carbocycles. The number of thiazole rings is 1. The van der Waals surface area contributed by atoms with Crippen molar-refractivity contribution in [1.29, 1.82) is 0 Å². The highest BCUT2D eigenvalue weighted by Gasteiger charge is 2.10. The molecule has 5 N–H and O–H groups in total. The zero-order valence-electron chi connectivity index (χ0n) is 19.5. The van der Waals surface area contributed by atoms with Gasteiger partial charge in [-0.05, 0) is 38.4 Å². The van der Waals surface area contributed by atoms with Gasteiger partial charge in [-0.2, -0.15) is 16.8 Å². The number of hydrogen-bond acceptors (Lipinski definition) is 9. The minimum absolute atomic E-state index is 0.0571. The van der Waals surface area contributed by atoms with Crippen LogP contribution in [0.3, 0.4) is 0 Å². The fourth-order valence-electron chi connectivity index (χ4n) is 3.05. The molecule has 0 amide bonds. The second-order valence-corrected chi connectivity index (χ2v) is 9.68. The van der Waals surface area contributed by atoms with E-state index in [0.717, 1.165) is 29.4 Å². The van der Waals surface area contributed by atoms with E-state index in [1.807, 2.05) is 60.8 Å². The lowest BCUT2D eigenvalue weighted by Crippen LogP contribution is -2.23. The summed E-state index contributed by atoms with van der Waals surface area (Å²) in [5, 5.41) is 16.5. The summed E-state index contributed by atoms with van der Waals surface area (Å²) in [6, 6.07) is 11.4. The Morgan fingerprint density at radius 3 is 2.83 bits per heavy atom. The number of nitrogens with zero attached hydrogens (tertiary/aromatic N) is 5. The SMILES string of the molecule is CN(C)Cc1ccc(CSCCN=C(C[N+](=O)[O-])Nc2cccc(-c3csc(N=C(N)N)n3)c2)o1. The van der Waals surface area contributed by atoms with Crippen LogP contribution < -0.4 is 16.8 Å². The second kappa shape index (κ2) is 12.9. The Bertz CT molecular complexity index is 1180. The van der Waals surface area contributed by atoms with Gasteiger partial charge in [0.1, 0.15) is 11.5 Å². The van der Waals surface area contributed by atoms with Gasteiger partial charge in [0.2, 0.25) is 5.13 Å². The number of aromatic nitrogens is 1. The summed E-state index contributed by atoms with van der Waals surface area (Å²) in [4.78, 5) is 25.6. The lowest BCUT2D eigenvalue weighted by molar-refractivity contribution is -0.463. The predicted octanol–water partition coefficient (Wildman–Crippen LogP) is 3.39. The van der Waals surface area contributed by atoms with Gasteiger partial charge in [0.15, 0.2) is 11.8 Å². The van der Waals surface area contributed by atoms with Crippen molar-refractivity contribution in [1.82, 2.24) is 9.88 Å². The number of nitrogens with one attached hydrogen (secondary N) is 1. The number of furan rings is 1. The normalized spacial score (nSPS) is 11.6. The fraction of sp³-hybridized carbons (Fsp3) is 0.318. The van der Waals surface area contributed by atoms with E-state index in [2.05, 4.69) is 20.3 Å². The number of nitro groups is 1. The van der Waals surface area contributed by atoms with Crippen molar-refractivity contribution in [3.63, 3.8) is 0 Å². The molecule has 0 saturated carbocycles. The average molecular weight is 517 g/mol. The van der Waals surface area contributed by atoms with Crippen LogP contribution in [-0.2, 0) is 12.3 Å². The standard InChI is InChI=1S/C22H28N8O3S2/c1-29(2)11-17-6-7-18(33-17)13-34-9-8-25-20(12-30(31)32)26-16-5-3-4-15(10-16)19-14-35-22(27-19)28-21(23)24/h3-7,10,14H,8-9,11-13H2,1-2H3,(H,25,26)(H4,23,24,27,28). The van der Waals surface area contributed by atoms with Gasteiger partial charge in [-0.1, -0.05) is 12.1 Å². The van der Waals surface area contributed by atoms with E-state index in [9.17, 15) is 10.1 Å². The van der Waals surface area contributed by atoms with E-state index in [0.29, 0.717) is 34.6 Å². The summed E-state index contributed by atoms with van der Waals surface area (Å²) in [7, 11) is 3.98. The van der Waals surface area contributed by atoms with Crippen molar-refractivity contribution in [2.45, 2.75) is 12.3 Å². The maximum absolute atomic E-state index is 11.2. The molecule has 0 fully saturated rings. The molecule has 0 spiro atoms. The Balaban J connectivity index is 1.57. The van der Waals surface area contributed by atoms with Crippen molar-refractivity contribution in [3.05, 3.63) is 63.4 Å². The maximum atomic E-state index is 11.2. The number of nitrogens with two attached hydrogens (primary N) is 2. The predicted molar refractivity (Wildman–Crippen MR) is 143 cm³/mol. The molecule has 2 aromatic heterocycles. The van der Waals surface area contributed by atoms with Crippen molar-refractivity contribution in [3.8, 4) is 11.3 Å². The molecule has 0 aliphatic heterocycles. The van der Waals surface area contributed by atoms with E-state index in [-0.39, 0.29) is 5.96 Å². The van der Waals surface area contributed by atoms with Crippen LogP contribution in [0.2, 0.25) is 0 Å². The van der Waals surface area contributed by atoms with E-state index in [4.69, 9.17) is 15.9 Å². The average Bonchev–Trinajstić information content (AvgIpc) is 3.42. The van der Waals surface area contributed by atoms with Crippen LogP contribution in [0.4, 0.5) is 10.8 Å². The minimum Gasteiger partial charge on any atom is -0.464 e. The highest BCUT2D eigenvalue weighted by Crippen LogP contribution is 2.28. The number of hydrogen-bond donors (Lipinski definition) is 3. The van der Waals surface area contributed by atoms with Crippen LogP contribution in [0, 0.1) is 10.1 Å². The fourth-order valence-corrected chi connectivity index (χ4v) is 4.48. The Hall–Kier alpha value is -3.42. The van der Waals surface area contributed by atoms with Gasteiger partial charge >= 0.3 is 0 Å². The van der Waals surface area contributed by atoms with Crippen molar-refractivity contribution < 1.29 is 9.34 Å². The number of rotatable bonds is 12. The summed E-state index contributed by atoms with van der Waals surface area (Å²) < 4.78 is 5.80. The molecular weight excluding hydrogens is 488 g/mol. The number of aliphatic imine (C=N–C) groups is 2. The summed E-state index contributed by atoms with van der Waals surface area (Å²) in [5.41, 5.74) is 13.0. The van der Waals surface area contributed by atoms with E-state index >= 15 is 0 Å². The highest BCUT2D eigenvalue weighted by atomic mass is 32.2. The van der Waals surface area contributed by atoms with Crippen LogP contribution in [-0.4, -0.2) is 59.5 Å². The van der Waals surface area contributed by atoms with Crippen molar-refractivity contribution in [2.75, 3.05) is 38.3 Å². The molecule has 0 saturated heterocycles. The molecule has 0 radical (unpaired) electrons. The van der Waals surface area contributed by atoms with Crippen molar-refractivity contribution >= 4 is 45.7 Å². The van der Waals surface area contributed by atoms with Crippen LogP contribution in [0.15, 0.2) is 56.2 Å². The topological polar surface area (TPSA) is 161 Å². The van der Waals surface area contributed by atoms with E-state index in [1.54, 1.807) is 11.8 Å². The van der Waals surface area contributed by atoms with Gasteiger partial charge in [-0.15, -0.1) is 11.3 Å². The third-order valence-electron chi connectivity index (χ3n) is 4.41. The Morgan fingerprint density at radius 2 is 2.09 bits per heavy atom. The molecule has 2 heterocycles. The smallest absolute Gasteiger partial charge is 0.260 e. The molecule has 13 heteroatoms. The summed E-state index contributed by atoms with van der Waals surface area (Å²) in [6.07, 6.45) is 0. The van der Waals surface area contributed by atoms with Gasteiger partial charge in [0.25, 0.3) is 6.54 Å². The molecule has 3 aromatic rings. The molecule has 0 bridgehead atoms. The highest BCUT2D eigenvalue weighted by molar-refractivity contribution is 7.98. The molecule has 1 aromatic carbocycles. The van der Waals surface area contributed by atoms with Gasteiger partial charge in [0, 0.05) is 27.3 Å². The first-order chi connectivity index (χ1) is 16.8. The quantitative estimate of drug-likeness (QED) is 0.108. The van der Waals surface area contributed by atoms with Crippen molar-refractivity contribution in [2.24, 2.45) is 21.5 Å². The van der Waals surface area contributed by atoms with Gasteiger partial charge < -0.3 is 26.1 Å². The minimum atomic E-state index is -0.403. The molecule has 0 aliphatic rings. The molecule has 0 unspecified atom stereocenters. The molecule has 0 atom stereocenters. The summed E-state index contributed by atoms with van der Waals surface area (Å²) >= 11 is 2.98. The first kappa shape index (κ1) is 26.2. The Morgan fingerprint density at radius 1 is 1.29 bits per heavy atom. The first-order valence-corrected chi connectivity index (χ1v) is 12.7. The number of guanidine groups is 1. The summed E-state index contributed by atoms with van der Waals surface area (Å²) in [5.74, 6) is 3.49. The zero-order chi connectivity index (χ0) is 25.2. The Kier molecular flexibility index (Phi) is 9.64. The number of amidine groups is 1. The third-order valence-corrected chi connectivity index (χ3v) is 6.11. The monoisotopic (exact) mass is 516 g/mol. The van der Waals surface area contributed by atoms with Crippen LogP contribution in [0.5, 0.6) is 0 Å². The number of anilines is 1. The van der Waals surface area contributed by atoms with Crippen LogP contribution >= 0.6 is 23.1 Å². The maximum Gasteiger partial charge on any atom is 0.260 e. The molecule has 3 rings (SSSR count). The summed E-state index contributed by atoms with van der Waals surface area (Å²) in [6.45, 7) is 0.804. The third kappa shape index (κ3) is 9.03. The van der Waals surface area contributed by atoms with E-state index < -0.39 is 11.5 Å². The zero-order valence-corrected chi connectivity index (χ0v) is 21.1. The number of thioether (sulfide) groups is 1. The van der Waals surface area contributed by atoms with Gasteiger partial charge in [-0.25, -0.2) is 4.98 Å². The molecule has 35 heavy (non-hydrogen) atoms. The van der Waals surface area contributed by atoms with E-state index in [1.165, 1.54) is 11.3 Å². The van der Waals surface area contributed by atoms with Gasteiger partial charge in [0.05, 0.1) is 24.5 Å².